The highest BCUT2D eigenvalue weighted by molar-refractivity contribution is 5.75. The third kappa shape index (κ3) is 3.40. The molecule has 0 bridgehead atoms. The zero-order chi connectivity index (χ0) is 16.4. The van der Waals surface area contributed by atoms with Crippen molar-refractivity contribution in [2.45, 2.75) is 20.0 Å². The van der Waals surface area contributed by atoms with Crippen LogP contribution in [0.5, 0.6) is 0 Å². The molecular formula is C18H19N3O2. The molecule has 0 aliphatic heterocycles. The minimum absolute atomic E-state index is 0.620. The van der Waals surface area contributed by atoms with Gasteiger partial charge >= 0.3 is 11.1 Å². The number of benzene rings is 2. The summed E-state index contributed by atoms with van der Waals surface area (Å²) in [5, 5.41) is 0. The highest BCUT2D eigenvalue weighted by atomic mass is 16.2. The molecule has 5 heteroatoms. The summed E-state index contributed by atoms with van der Waals surface area (Å²) in [5.74, 6) is 0. The summed E-state index contributed by atoms with van der Waals surface area (Å²) in [4.78, 5) is 30.3. The first-order chi connectivity index (χ1) is 11.0. The second-order valence-electron chi connectivity index (χ2n) is 5.89. The van der Waals surface area contributed by atoms with Crippen LogP contribution in [0.3, 0.4) is 0 Å². The lowest BCUT2D eigenvalue weighted by molar-refractivity contribution is 0.318. The molecule has 1 heterocycles. The molecular weight excluding hydrogens is 290 g/mol. The van der Waals surface area contributed by atoms with E-state index in [0.29, 0.717) is 11.0 Å². The second-order valence-corrected chi connectivity index (χ2v) is 5.89. The number of H-pyrrole nitrogens is 2. The van der Waals surface area contributed by atoms with Gasteiger partial charge in [-0.15, -0.1) is 0 Å². The lowest BCUT2D eigenvalue weighted by atomic mass is 10.1. The summed E-state index contributed by atoms with van der Waals surface area (Å²) in [7, 11) is 2.06. The fourth-order valence-electron chi connectivity index (χ4n) is 2.73. The van der Waals surface area contributed by atoms with Crippen molar-refractivity contribution in [2.75, 3.05) is 7.05 Å². The van der Waals surface area contributed by atoms with Crippen LogP contribution in [-0.2, 0) is 13.1 Å². The Morgan fingerprint density at radius 2 is 1.52 bits per heavy atom. The Balaban J connectivity index is 1.87. The van der Waals surface area contributed by atoms with E-state index in [4.69, 9.17) is 0 Å². The van der Waals surface area contributed by atoms with Gasteiger partial charge in [-0.1, -0.05) is 30.3 Å². The van der Waals surface area contributed by atoms with Gasteiger partial charge in [-0.05, 0) is 42.8 Å². The van der Waals surface area contributed by atoms with Gasteiger partial charge in [-0.3, -0.25) is 14.5 Å². The van der Waals surface area contributed by atoms with E-state index in [1.54, 1.807) is 0 Å². The Labute approximate surface area is 133 Å². The summed E-state index contributed by atoms with van der Waals surface area (Å²) < 4.78 is 0. The van der Waals surface area contributed by atoms with Crippen molar-refractivity contribution in [1.82, 2.24) is 14.9 Å². The molecule has 2 N–H and O–H groups in total. The predicted molar refractivity (Wildman–Crippen MR) is 91.5 cm³/mol. The molecule has 0 aliphatic rings. The summed E-state index contributed by atoms with van der Waals surface area (Å²) in [5.41, 5.74) is 3.53. The minimum atomic E-state index is -0.620. The van der Waals surface area contributed by atoms with Crippen molar-refractivity contribution in [3.8, 4) is 0 Å². The molecule has 23 heavy (non-hydrogen) atoms. The molecule has 0 saturated carbocycles. The van der Waals surface area contributed by atoms with Crippen LogP contribution in [0.2, 0.25) is 0 Å². The van der Waals surface area contributed by atoms with Gasteiger partial charge in [-0.2, -0.15) is 0 Å². The molecule has 5 nitrogen and oxygen atoms in total. The Kier molecular flexibility index (Phi) is 4.12. The molecule has 0 fully saturated rings. The van der Waals surface area contributed by atoms with Gasteiger partial charge in [0, 0.05) is 13.1 Å². The first-order valence-corrected chi connectivity index (χ1v) is 7.51. The SMILES string of the molecule is Cc1cc2[nH]c(=O)c(=O)[nH]c2cc1CN(C)Cc1ccccc1. The van der Waals surface area contributed by atoms with Crippen molar-refractivity contribution in [1.29, 1.82) is 0 Å². The van der Waals surface area contributed by atoms with E-state index in [1.807, 2.05) is 37.3 Å². The number of fused-ring (bicyclic) bond motifs is 1. The molecule has 0 amide bonds. The van der Waals surface area contributed by atoms with Crippen LogP contribution in [0, 0.1) is 6.92 Å². The maximum atomic E-state index is 11.5. The van der Waals surface area contributed by atoms with Crippen molar-refractivity contribution >= 4 is 11.0 Å². The quantitative estimate of drug-likeness (QED) is 0.726. The number of hydrogen-bond acceptors (Lipinski definition) is 3. The molecule has 2 aromatic carbocycles. The number of hydrogen-bond donors (Lipinski definition) is 2. The Hall–Kier alpha value is -2.66. The van der Waals surface area contributed by atoms with Crippen LogP contribution in [0.4, 0.5) is 0 Å². The minimum Gasteiger partial charge on any atom is -0.316 e. The van der Waals surface area contributed by atoms with Gasteiger partial charge in [0.25, 0.3) is 0 Å². The molecule has 3 rings (SSSR count). The summed E-state index contributed by atoms with van der Waals surface area (Å²) in [6.07, 6.45) is 0. The maximum Gasteiger partial charge on any atom is 0.314 e. The zero-order valence-electron chi connectivity index (χ0n) is 13.2. The van der Waals surface area contributed by atoms with Gasteiger partial charge in [0.2, 0.25) is 0 Å². The normalized spacial score (nSPS) is 11.3. The number of aryl methyl sites for hydroxylation is 1. The number of nitrogens with one attached hydrogen (secondary N) is 2. The molecule has 0 radical (unpaired) electrons. The summed E-state index contributed by atoms with van der Waals surface area (Å²) in [6.45, 7) is 3.62. The molecule has 0 atom stereocenters. The van der Waals surface area contributed by atoms with E-state index in [-0.39, 0.29) is 0 Å². The van der Waals surface area contributed by atoms with Crippen LogP contribution < -0.4 is 11.1 Å². The van der Waals surface area contributed by atoms with Crippen LogP contribution in [0.1, 0.15) is 16.7 Å². The van der Waals surface area contributed by atoms with Gasteiger partial charge in [0.15, 0.2) is 0 Å². The smallest absolute Gasteiger partial charge is 0.314 e. The van der Waals surface area contributed by atoms with Crippen molar-refractivity contribution < 1.29 is 0 Å². The topological polar surface area (TPSA) is 69.0 Å². The highest BCUT2D eigenvalue weighted by Crippen LogP contribution is 2.17. The Morgan fingerprint density at radius 1 is 0.913 bits per heavy atom. The van der Waals surface area contributed by atoms with E-state index in [2.05, 4.69) is 34.0 Å². The predicted octanol–water partition coefficient (Wildman–Crippen LogP) is 2.16. The molecule has 3 aromatic rings. The average Bonchev–Trinajstić information content (AvgIpc) is 2.51. The average molecular weight is 309 g/mol. The van der Waals surface area contributed by atoms with Crippen molar-refractivity contribution in [3.05, 3.63) is 79.9 Å². The Morgan fingerprint density at radius 3 is 2.17 bits per heavy atom. The van der Waals surface area contributed by atoms with E-state index in [0.717, 1.165) is 24.2 Å². The fourth-order valence-corrected chi connectivity index (χ4v) is 2.73. The standard InChI is InChI=1S/C18H19N3O2/c1-12-8-15-16(20-18(23)17(22)19-15)9-14(12)11-21(2)10-13-6-4-3-5-7-13/h3-9H,10-11H2,1-2H3,(H,19,22)(H,20,23). The van der Waals surface area contributed by atoms with Crippen LogP contribution in [0.25, 0.3) is 11.0 Å². The van der Waals surface area contributed by atoms with Gasteiger partial charge in [0.05, 0.1) is 11.0 Å². The van der Waals surface area contributed by atoms with Gasteiger partial charge < -0.3 is 9.97 Å². The first kappa shape index (κ1) is 15.2. The van der Waals surface area contributed by atoms with Crippen molar-refractivity contribution in [2.24, 2.45) is 0 Å². The summed E-state index contributed by atoms with van der Waals surface area (Å²) >= 11 is 0. The van der Waals surface area contributed by atoms with Gasteiger partial charge in [0.1, 0.15) is 0 Å². The van der Waals surface area contributed by atoms with E-state index < -0.39 is 11.1 Å². The lowest BCUT2D eigenvalue weighted by Crippen LogP contribution is -2.29. The highest BCUT2D eigenvalue weighted by Gasteiger charge is 2.08. The molecule has 0 saturated heterocycles. The van der Waals surface area contributed by atoms with Crippen LogP contribution in [0.15, 0.2) is 52.1 Å². The monoisotopic (exact) mass is 309 g/mol. The first-order valence-electron chi connectivity index (χ1n) is 7.51. The third-order valence-electron chi connectivity index (χ3n) is 3.91. The lowest BCUT2D eigenvalue weighted by Gasteiger charge is -2.18. The molecule has 0 spiro atoms. The van der Waals surface area contributed by atoms with Gasteiger partial charge in [-0.25, -0.2) is 0 Å². The van der Waals surface area contributed by atoms with E-state index in [9.17, 15) is 9.59 Å². The number of rotatable bonds is 4. The van der Waals surface area contributed by atoms with Crippen molar-refractivity contribution in [3.63, 3.8) is 0 Å². The summed E-state index contributed by atoms with van der Waals surface area (Å²) in [6, 6.07) is 14.1. The van der Waals surface area contributed by atoms with E-state index >= 15 is 0 Å². The molecule has 118 valence electrons. The fraction of sp³-hybridized carbons (Fsp3) is 0.222. The third-order valence-corrected chi connectivity index (χ3v) is 3.91. The molecule has 0 unspecified atom stereocenters. The van der Waals surface area contributed by atoms with Crippen LogP contribution in [-0.4, -0.2) is 21.9 Å². The molecule has 0 aliphatic carbocycles. The number of nitrogens with zero attached hydrogens (tertiary/aromatic N) is 1. The molecule has 1 aromatic heterocycles. The second kappa shape index (κ2) is 6.22. The maximum absolute atomic E-state index is 11.5. The van der Waals surface area contributed by atoms with E-state index in [1.165, 1.54) is 5.56 Å². The number of aromatic nitrogens is 2. The van der Waals surface area contributed by atoms with Crippen LogP contribution >= 0.6 is 0 Å². The largest absolute Gasteiger partial charge is 0.316 e. The number of aromatic amines is 2. The zero-order valence-corrected chi connectivity index (χ0v) is 13.2. The Bertz CT molecular complexity index is 942.